The van der Waals surface area contributed by atoms with Crippen molar-refractivity contribution in [1.82, 2.24) is 0 Å². The molecule has 0 bridgehead atoms. The minimum Gasteiger partial charge on any atom is -0.0985 e. The van der Waals surface area contributed by atoms with Crippen molar-refractivity contribution in [1.29, 1.82) is 0 Å². The molecule has 0 heteroatoms. The Bertz CT molecular complexity index is 542. The minimum absolute atomic E-state index is 0.213. The van der Waals surface area contributed by atoms with Gasteiger partial charge in [0, 0.05) is 0 Å². The van der Waals surface area contributed by atoms with E-state index in [1.165, 1.54) is 16.7 Å². The van der Waals surface area contributed by atoms with Crippen LogP contribution in [0.1, 0.15) is 57.2 Å². The van der Waals surface area contributed by atoms with E-state index in [2.05, 4.69) is 83.7 Å². The topological polar surface area (TPSA) is 0 Å². The molecule has 0 nitrogen and oxygen atoms in total. The van der Waals surface area contributed by atoms with Gasteiger partial charge in [0.2, 0.25) is 0 Å². The Labute approximate surface area is 130 Å². The summed E-state index contributed by atoms with van der Waals surface area (Å²) < 4.78 is 0. The van der Waals surface area contributed by atoms with Crippen LogP contribution in [0, 0.1) is 0 Å². The molecule has 0 amide bonds. The Morgan fingerprint density at radius 2 is 1.38 bits per heavy atom. The van der Waals surface area contributed by atoms with Crippen LogP contribution in [0.15, 0.2) is 61.2 Å². The van der Waals surface area contributed by atoms with E-state index < -0.39 is 0 Å². The maximum absolute atomic E-state index is 3.81. The summed E-state index contributed by atoms with van der Waals surface area (Å²) in [5, 5.41) is 0. The van der Waals surface area contributed by atoms with Crippen molar-refractivity contribution in [3.63, 3.8) is 0 Å². The molecule has 0 aliphatic heterocycles. The Balaban J connectivity index is 0.000000219. The van der Waals surface area contributed by atoms with Crippen molar-refractivity contribution < 1.29 is 0 Å². The largest absolute Gasteiger partial charge is 0.0985 e. The van der Waals surface area contributed by atoms with E-state index in [9.17, 15) is 0 Å². The maximum Gasteiger partial charge on any atom is -0.0126 e. The first-order chi connectivity index (χ1) is 9.86. The standard InChI is InChI=1S/C12H16.C9H12/c1-5-10-8-6-7-9-11(10)12(2,3)4;1-8(2)9-6-4-3-5-7-9/h5-9H,1H2,2-4H3;3-8H,1-2H3. The lowest BCUT2D eigenvalue weighted by atomic mass is 9.84. The highest BCUT2D eigenvalue weighted by Crippen LogP contribution is 2.25. The Morgan fingerprint density at radius 1 is 0.857 bits per heavy atom. The molecule has 2 aromatic rings. The van der Waals surface area contributed by atoms with Crippen LogP contribution in [0.5, 0.6) is 0 Å². The first kappa shape index (κ1) is 17.2. The summed E-state index contributed by atoms with van der Waals surface area (Å²) in [5.74, 6) is 0.659. The number of hydrogen-bond acceptors (Lipinski definition) is 0. The van der Waals surface area contributed by atoms with Crippen LogP contribution in [-0.4, -0.2) is 0 Å². The van der Waals surface area contributed by atoms with Gasteiger partial charge >= 0.3 is 0 Å². The molecule has 0 unspecified atom stereocenters. The van der Waals surface area contributed by atoms with Crippen LogP contribution in [-0.2, 0) is 5.41 Å². The van der Waals surface area contributed by atoms with Gasteiger partial charge in [0.25, 0.3) is 0 Å². The fraction of sp³-hybridized carbons (Fsp3) is 0.333. The van der Waals surface area contributed by atoms with E-state index in [-0.39, 0.29) is 5.41 Å². The van der Waals surface area contributed by atoms with Gasteiger partial charge < -0.3 is 0 Å². The van der Waals surface area contributed by atoms with Gasteiger partial charge in [0.1, 0.15) is 0 Å². The normalized spacial score (nSPS) is 10.8. The maximum atomic E-state index is 3.81. The average molecular weight is 280 g/mol. The smallest absolute Gasteiger partial charge is 0.0126 e. The van der Waals surface area contributed by atoms with Gasteiger partial charge in [0.15, 0.2) is 0 Å². The zero-order valence-electron chi connectivity index (χ0n) is 14.1. The molecule has 2 rings (SSSR count). The molecule has 21 heavy (non-hydrogen) atoms. The molecule has 0 saturated carbocycles. The molecule has 0 radical (unpaired) electrons. The van der Waals surface area contributed by atoms with E-state index in [1.807, 2.05) is 18.2 Å². The number of hydrogen-bond donors (Lipinski definition) is 0. The molecule has 0 aliphatic carbocycles. The second-order valence-electron chi connectivity index (χ2n) is 6.61. The second-order valence-corrected chi connectivity index (χ2v) is 6.61. The highest BCUT2D eigenvalue weighted by Gasteiger charge is 2.15. The third kappa shape index (κ3) is 5.59. The van der Waals surface area contributed by atoms with E-state index in [4.69, 9.17) is 0 Å². The molecule has 112 valence electrons. The third-order valence-corrected chi connectivity index (χ3v) is 3.45. The summed E-state index contributed by atoms with van der Waals surface area (Å²) in [6.45, 7) is 14.9. The summed E-state index contributed by atoms with van der Waals surface area (Å²) in [5.41, 5.74) is 4.23. The van der Waals surface area contributed by atoms with Crippen LogP contribution in [0.3, 0.4) is 0 Å². The van der Waals surface area contributed by atoms with E-state index in [0.717, 1.165) is 0 Å². The molecule has 0 atom stereocenters. The zero-order valence-corrected chi connectivity index (χ0v) is 14.1. The lowest BCUT2D eigenvalue weighted by Crippen LogP contribution is -2.12. The number of rotatable bonds is 2. The SMILES string of the molecule is C=Cc1ccccc1C(C)(C)C.CC(C)c1ccccc1. The van der Waals surface area contributed by atoms with E-state index >= 15 is 0 Å². The van der Waals surface area contributed by atoms with Crippen LogP contribution in [0.4, 0.5) is 0 Å². The highest BCUT2D eigenvalue weighted by molar-refractivity contribution is 5.53. The van der Waals surface area contributed by atoms with Gasteiger partial charge in [-0.1, -0.05) is 102 Å². The Hall–Kier alpha value is -1.82. The lowest BCUT2D eigenvalue weighted by molar-refractivity contribution is 0.589. The number of benzene rings is 2. The van der Waals surface area contributed by atoms with Crippen LogP contribution in [0.25, 0.3) is 6.08 Å². The van der Waals surface area contributed by atoms with E-state index in [1.54, 1.807) is 0 Å². The molecule has 0 aromatic heterocycles. The van der Waals surface area contributed by atoms with Crippen LogP contribution >= 0.6 is 0 Å². The molecule has 0 heterocycles. The fourth-order valence-electron chi connectivity index (χ4n) is 2.20. The quantitative estimate of drug-likeness (QED) is 0.594. The fourth-order valence-corrected chi connectivity index (χ4v) is 2.20. The third-order valence-electron chi connectivity index (χ3n) is 3.45. The summed E-state index contributed by atoms with van der Waals surface area (Å²) in [7, 11) is 0. The van der Waals surface area contributed by atoms with E-state index in [0.29, 0.717) is 5.92 Å². The summed E-state index contributed by atoms with van der Waals surface area (Å²) in [6.07, 6.45) is 1.92. The van der Waals surface area contributed by atoms with Gasteiger partial charge in [-0.05, 0) is 28.0 Å². The van der Waals surface area contributed by atoms with Crippen molar-refractivity contribution in [2.75, 3.05) is 0 Å². The van der Waals surface area contributed by atoms with Gasteiger partial charge in [-0.3, -0.25) is 0 Å². The van der Waals surface area contributed by atoms with Gasteiger partial charge in [-0.25, -0.2) is 0 Å². The molecular formula is C21H28. The molecule has 2 aromatic carbocycles. The molecule has 0 fully saturated rings. The summed E-state index contributed by atoms with van der Waals surface area (Å²) in [4.78, 5) is 0. The van der Waals surface area contributed by atoms with Crippen LogP contribution < -0.4 is 0 Å². The predicted molar refractivity (Wildman–Crippen MR) is 95.8 cm³/mol. The summed E-state index contributed by atoms with van der Waals surface area (Å²) >= 11 is 0. The van der Waals surface area contributed by atoms with Crippen molar-refractivity contribution in [2.45, 2.75) is 46.0 Å². The molecular weight excluding hydrogens is 252 g/mol. The first-order valence-corrected chi connectivity index (χ1v) is 7.63. The second kappa shape index (κ2) is 7.83. The highest BCUT2D eigenvalue weighted by atomic mass is 14.2. The van der Waals surface area contributed by atoms with Gasteiger partial charge in [0.05, 0.1) is 0 Å². The average Bonchev–Trinajstić information content (AvgIpc) is 2.48. The summed E-state index contributed by atoms with van der Waals surface area (Å²) in [6, 6.07) is 18.9. The van der Waals surface area contributed by atoms with Gasteiger partial charge in [-0.2, -0.15) is 0 Å². The van der Waals surface area contributed by atoms with Crippen molar-refractivity contribution >= 4 is 6.08 Å². The Kier molecular flexibility index (Phi) is 6.42. The van der Waals surface area contributed by atoms with Crippen molar-refractivity contribution in [2.24, 2.45) is 0 Å². The predicted octanol–water partition coefficient (Wildman–Crippen LogP) is 6.44. The molecule has 0 aliphatic rings. The van der Waals surface area contributed by atoms with Crippen molar-refractivity contribution in [3.8, 4) is 0 Å². The monoisotopic (exact) mass is 280 g/mol. The minimum atomic E-state index is 0.213. The molecule has 0 saturated heterocycles. The molecule has 0 N–H and O–H groups in total. The first-order valence-electron chi connectivity index (χ1n) is 7.63. The zero-order chi connectivity index (χ0) is 15.9. The lowest BCUT2D eigenvalue weighted by Gasteiger charge is -2.21. The Morgan fingerprint density at radius 3 is 1.76 bits per heavy atom. The van der Waals surface area contributed by atoms with Gasteiger partial charge in [-0.15, -0.1) is 0 Å². The van der Waals surface area contributed by atoms with Crippen molar-refractivity contribution in [3.05, 3.63) is 77.9 Å². The van der Waals surface area contributed by atoms with Crippen LogP contribution in [0.2, 0.25) is 0 Å². The molecule has 0 spiro atoms.